The summed E-state index contributed by atoms with van der Waals surface area (Å²) >= 11 is 0. The van der Waals surface area contributed by atoms with Crippen molar-refractivity contribution in [1.29, 1.82) is 0 Å². The van der Waals surface area contributed by atoms with E-state index < -0.39 is 0 Å². The molecule has 6 heteroatoms. The number of carbonyl (C=O) groups excluding carboxylic acids is 2. The van der Waals surface area contributed by atoms with Gasteiger partial charge in [-0.3, -0.25) is 9.59 Å². The van der Waals surface area contributed by atoms with Gasteiger partial charge in [-0.15, -0.1) is 0 Å². The summed E-state index contributed by atoms with van der Waals surface area (Å²) < 4.78 is 10.8. The maximum Gasteiger partial charge on any atom is 0.323 e. The molecule has 0 amide bonds. The zero-order valence-electron chi connectivity index (χ0n) is 14.0. The molecule has 0 bridgehead atoms. The molecule has 1 aliphatic rings. The van der Waals surface area contributed by atoms with E-state index in [4.69, 9.17) is 9.47 Å². The van der Waals surface area contributed by atoms with Gasteiger partial charge in [0.25, 0.3) is 0 Å². The predicted octanol–water partition coefficient (Wildman–Crippen LogP) is 2.03. The summed E-state index contributed by atoms with van der Waals surface area (Å²) in [7, 11) is 1.36. The van der Waals surface area contributed by atoms with Gasteiger partial charge in [-0.05, 0) is 19.9 Å². The molecule has 3 rings (SSSR count). The van der Waals surface area contributed by atoms with E-state index in [2.05, 4.69) is 10.3 Å². The Morgan fingerprint density at radius 2 is 2.04 bits per heavy atom. The van der Waals surface area contributed by atoms with Crippen molar-refractivity contribution in [3.63, 3.8) is 0 Å². The summed E-state index contributed by atoms with van der Waals surface area (Å²) in [4.78, 5) is 28.4. The van der Waals surface area contributed by atoms with Crippen LogP contribution in [0.25, 0.3) is 10.9 Å². The van der Waals surface area contributed by atoms with Crippen LogP contribution in [0.5, 0.6) is 5.75 Å². The quantitative estimate of drug-likeness (QED) is 0.683. The highest BCUT2D eigenvalue weighted by Gasteiger charge is 2.32. The zero-order chi connectivity index (χ0) is 17.3. The lowest BCUT2D eigenvalue weighted by atomic mass is 10.0. The van der Waals surface area contributed by atoms with Crippen LogP contribution in [-0.4, -0.2) is 42.5 Å². The first-order valence-electron chi connectivity index (χ1n) is 7.89. The van der Waals surface area contributed by atoms with E-state index in [9.17, 15) is 9.59 Å². The van der Waals surface area contributed by atoms with E-state index in [1.54, 1.807) is 0 Å². The number of fused-ring (bicyclic) bond motifs is 1. The van der Waals surface area contributed by atoms with E-state index >= 15 is 0 Å². The van der Waals surface area contributed by atoms with Crippen LogP contribution < -0.4 is 10.1 Å². The van der Waals surface area contributed by atoms with Crippen LogP contribution in [0.2, 0.25) is 0 Å². The van der Waals surface area contributed by atoms with E-state index in [1.807, 2.05) is 31.2 Å². The lowest BCUT2D eigenvalue weighted by Gasteiger charge is -2.18. The van der Waals surface area contributed by atoms with Crippen molar-refractivity contribution in [2.24, 2.45) is 0 Å². The van der Waals surface area contributed by atoms with Gasteiger partial charge in [-0.25, -0.2) is 4.98 Å². The molecule has 2 aromatic rings. The van der Waals surface area contributed by atoms with Crippen LogP contribution in [0.15, 0.2) is 24.3 Å². The van der Waals surface area contributed by atoms with Gasteiger partial charge >= 0.3 is 5.97 Å². The molecule has 0 aliphatic carbocycles. The average Bonchev–Trinajstić information content (AvgIpc) is 3.03. The summed E-state index contributed by atoms with van der Waals surface area (Å²) in [6.45, 7) is 3.87. The highest BCUT2D eigenvalue weighted by Crippen LogP contribution is 2.32. The normalized spacial score (nSPS) is 20.1. The minimum Gasteiger partial charge on any atom is -0.486 e. The number of benzene rings is 1. The first-order valence-corrected chi connectivity index (χ1v) is 7.89. The van der Waals surface area contributed by atoms with Gasteiger partial charge in [0.15, 0.2) is 11.5 Å². The predicted molar refractivity (Wildman–Crippen MR) is 89.3 cm³/mol. The number of nitrogens with zero attached hydrogens (tertiary/aromatic N) is 1. The summed E-state index contributed by atoms with van der Waals surface area (Å²) in [5, 5.41) is 3.86. The number of aryl methyl sites for hydroxylation is 1. The molecule has 126 valence electrons. The third-order valence-corrected chi connectivity index (χ3v) is 4.23. The number of hydrogen-bond donors (Lipinski definition) is 1. The van der Waals surface area contributed by atoms with Gasteiger partial charge in [-0.1, -0.05) is 18.2 Å². The molecule has 0 spiro atoms. The molecule has 2 unspecified atom stereocenters. The number of methoxy groups -OCH3 is 1. The number of hydrogen-bond acceptors (Lipinski definition) is 6. The summed E-state index contributed by atoms with van der Waals surface area (Å²) in [5.74, 6) is 0.127. The number of ketones is 1. The monoisotopic (exact) mass is 328 g/mol. The number of para-hydroxylation sites is 1. The van der Waals surface area contributed by atoms with E-state index in [0.717, 1.165) is 10.9 Å². The smallest absolute Gasteiger partial charge is 0.323 e. The largest absolute Gasteiger partial charge is 0.486 e. The van der Waals surface area contributed by atoms with Crippen LogP contribution in [0, 0.1) is 6.92 Å². The van der Waals surface area contributed by atoms with Gasteiger partial charge in [-0.2, -0.15) is 0 Å². The second kappa shape index (κ2) is 6.57. The Bertz CT molecular complexity index is 803. The molecule has 1 aromatic heterocycles. The van der Waals surface area contributed by atoms with Crippen LogP contribution in [0.3, 0.4) is 0 Å². The fourth-order valence-electron chi connectivity index (χ4n) is 3.09. The lowest BCUT2D eigenvalue weighted by Crippen LogP contribution is -2.31. The number of esters is 1. The molecule has 1 aromatic carbocycles. The Hall–Kier alpha value is -2.47. The van der Waals surface area contributed by atoms with Gasteiger partial charge in [0.05, 0.1) is 23.9 Å². The van der Waals surface area contributed by atoms with Crippen molar-refractivity contribution in [1.82, 2.24) is 10.3 Å². The van der Waals surface area contributed by atoms with Gasteiger partial charge in [0.2, 0.25) is 0 Å². The SMILES string of the molecule is COC(=O)C1CC(Oc2c(C)nc3ccccc3c2C(C)=O)CN1. The average molecular weight is 328 g/mol. The number of nitrogens with one attached hydrogen (secondary N) is 1. The molecule has 1 saturated heterocycles. The standard InChI is InChI=1S/C18H20N2O4/c1-10-17(24-12-8-15(19-9-12)18(22)23-3)16(11(2)21)13-6-4-5-7-14(13)20-10/h4-7,12,15,19H,8-9H2,1-3H3. The molecule has 0 radical (unpaired) electrons. The molecule has 2 atom stereocenters. The van der Waals surface area contributed by atoms with Crippen molar-refractivity contribution >= 4 is 22.7 Å². The number of carbonyl (C=O) groups is 2. The van der Waals surface area contributed by atoms with Crippen molar-refractivity contribution in [3.8, 4) is 5.75 Å². The molecule has 2 heterocycles. The molecule has 24 heavy (non-hydrogen) atoms. The Balaban J connectivity index is 1.95. The Morgan fingerprint density at radius 1 is 1.29 bits per heavy atom. The molecule has 1 N–H and O–H groups in total. The first kappa shape index (κ1) is 16.4. The van der Waals surface area contributed by atoms with Crippen molar-refractivity contribution < 1.29 is 19.1 Å². The second-order valence-electron chi connectivity index (χ2n) is 5.93. The highest BCUT2D eigenvalue weighted by atomic mass is 16.5. The minimum atomic E-state index is -0.380. The molecule has 1 fully saturated rings. The number of rotatable bonds is 4. The van der Waals surface area contributed by atoms with Crippen molar-refractivity contribution in [2.45, 2.75) is 32.4 Å². The minimum absolute atomic E-state index is 0.0674. The number of ether oxygens (including phenoxy) is 2. The van der Waals surface area contributed by atoms with Crippen LogP contribution >= 0.6 is 0 Å². The number of Topliss-reactive ketones (excluding diaryl/α,β-unsaturated/α-hetero) is 1. The Kier molecular flexibility index (Phi) is 4.49. The maximum absolute atomic E-state index is 12.2. The highest BCUT2D eigenvalue weighted by molar-refractivity contribution is 6.08. The Labute approximate surface area is 140 Å². The molecular formula is C18H20N2O4. The topological polar surface area (TPSA) is 77.5 Å². The molecule has 1 aliphatic heterocycles. The number of pyridine rings is 1. The van der Waals surface area contributed by atoms with Gasteiger partial charge in [0, 0.05) is 18.4 Å². The van der Waals surface area contributed by atoms with Crippen molar-refractivity contribution in [2.75, 3.05) is 13.7 Å². The van der Waals surface area contributed by atoms with Crippen molar-refractivity contribution in [3.05, 3.63) is 35.5 Å². The van der Waals surface area contributed by atoms with Crippen LogP contribution in [0.4, 0.5) is 0 Å². The summed E-state index contributed by atoms with van der Waals surface area (Å²) in [5.41, 5.74) is 1.98. The van der Waals surface area contributed by atoms with E-state index in [1.165, 1.54) is 14.0 Å². The lowest BCUT2D eigenvalue weighted by molar-refractivity contribution is -0.142. The molecular weight excluding hydrogens is 308 g/mol. The second-order valence-corrected chi connectivity index (χ2v) is 5.93. The Morgan fingerprint density at radius 3 is 2.75 bits per heavy atom. The fraction of sp³-hybridized carbons (Fsp3) is 0.389. The van der Waals surface area contributed by atoms with Crippen LogP contribution in [-0.2, 0) is 9.53 Å². The first-order chi connectivity index (χ1) is 11.5. The zero-order valence-corrected chi connectivity index (χ0v) is 14.0. The van der Waals surface area contributed by atoms with E-state index in [0.29, 0.717) is 30.0 Å². The summed E-state index contributed by atoms with van der Waals surface area (Å²) in [6, 6.07) is 7.13. The third kappa shape index (κ3) is 2.97. The summed E-state index contributed by atoms with van der Waals surface area (Å²) in [6.07, 6.45) is 0.282. The van der Waals surface area contributed by atoms with Crippen LogP contribution in [0.1, 0.15) is 29.4 Å². The number of aromatic nitrogens is 1. The van der Waals surface area contributed by atoms with Gasteiger partial charge in [0.1, 0.15) is 12.1 Å². The van der Waals surface area contributed by atoms with E-state index in [-0.39, 0.29) is 23.9 Å². The fourth-order valence-corrected chi connectivity index (χ4v) is 3.09. The third-order valence-electron chi connectivity index (χ3n) is 4.23. The van der Waals surface area contributed by atoms with Gasteiger partial charge < -0.3 is 14.8 Å². The maximum atomic E-state index is 12.2. The molecule has 6 nitrogen and oxygen atoms in total. The molecule has 0 saturated carbocycles.